The second kappa shape index (κ2) is 10.3. The number of amides is 3. The van der Waals surface area contributed by atoms with Crippen LogP contribution in [0.25, 0.3) is 0 Å². The molecule has 0 bridgehead atoms. The number of nitrogens with zero attached hydrogens (tertiary/aromatic N) is 3. The van der Waals surface area contributed by atoms with E-state index in [2.05, 4.69) is 4.98 Å². The first-order chi connectivity index (χ1) is 16.6. The van der Waals surface area contributed by atoms with Crippen LogP contribution in [0.1, 0.15) is 46.2 Å². The Hall–Kier alpha value is -3.02. The van der Waals surface area contributed by atoms with Crippen LogP contribution in [0, 0.1) is 5.82 Å². The van der Waals surface area contributed by atoms with Gasteiger partial charge in [-0.1, -0.05) is 12.1 Å². The van der Waals surface area contributed by atoms with Crippen LogP contribution in [0.3, 0.4) is 0 Å². The molecule has 2 fully saturated rings. The average molecular weight is 513 g/mol. The highest BCUT2D eigenvalue weighted by Gasteiger charge is 2.41. The monoisotopic (exact) mass is 512 g/mol. The van der Waals surface area contributed by atoms with Gasteiger partial charge in [0.1, 0.15) is 11.5 Å². The van der Waals surface area contributed by atoms with Gasteiger partial charge in [0.15, 0.2) is 0 Å². The number of carbonyl (C=O) groups excluding carboxylic acids is 3. The molecule has 7 nitrogen and oxygen atoms in total. The molecule has 1 atom stereocenters. The lowest BCUT2D eigenvalue weighted by molar-refractivity contribution is -0.174. The van der Waals surface area contributed by atoms with Crippen LogP contribution < -0.4 is 5.32 Å². The van der Waals surface area contributed by atoms with Gasteiger partial charge in [-0.15, -0.1) is 11.3 Å². The number of hydrogen-bond acceptors (Lipinski definition) is 5. The summed E-state index contributed by atoms with van der Waals surface area (Å²) in [6, 6.07) is 5.11. The van der Waals surface area contributed by atoms with E-state index in [-0.39, 0.29) is 55.2 Å². The molecule has 2 saturated heterocycles. The first-order valence-corrected chi connectivity index (χ1v) is 12.1. The zero-order chi connectivity index (χ0) is 25.2. The maximum Gasteiger partial charge on any atom is 0.471 e. The quantitative estimate of drug-likeness (QED) is 0.625. The van der Waals surface area contributed by atoms with Crippen molar-refractivity contribution in [3.8, 4) is 0 Å². The molecule has 1 N–H and O–H groups in total. The van der Waals surface area contributed by atoms with Crippen LogP contribution in [0.4, 0.5) is 17.6 Å². The molecule has 2 aromatic rings. The minimum Gasteiger partial charge on any atom is -0.344 e. The van der Waals surface area contributed by atoms with E-state index in [9.17, 15) is 31.9 Å². The molecule has 2 aliphatic rings. The van der Waals surface area contributed by atoms with Crippen LogP contribution in [-0.2, 0) is 16.0 Å². The topological polar surface area (TPSA) is 82.6 Å². The number of halogens is 4. The van der Waals surface area contributed by atoms with E-state index in [0.717, 1.165) is 10.6 Å². The molecule has 0 aliphatic carbocycles. The van der Waals surface area contributed by atoms with E-state index in [1.165, 1.54) is 28.4 Å². The molecule has 188 valence electrons. The van der Waals surface area contributed by atoms with E-state index in [1.807, 2.05) is 5.32 Å². The van der Waals surface area contributed by atoms with Crippen molar-refractivity contribution in [2.75, 3.05) is 26.2 Å². The van der Waals surface area contributed by atoms with Crippen molar-refractivity contribution < 1.29 is 31.9 Å². The first kappa shape index (κ1) is 25.1. The standard InChI is InChI=1S/C23H24F4N4O3S/c24-16-3-1-14(2-4-16)11-19(32)30-8-5-15(6-9-30)20-29-18(13-35-20)21(33)31-10-7-17(12-31)28-22(34)23(25,26)27/h1-4,13,15,17H,5-12H2,(H,28,34). The van der Waals surface area contributed by atoms with Gasteiger partial charge in [0, 0.05) is 43.5 Å². The number of carbonyl (C=O) groups is 3. The lowest BCUT2D eigenvalue weighted by Gasteiger charge is -2.31. The Kier molecular flexibility index (Phi) is 7.39. The summed E-state index contributed by atoms with van der Waals surface area (Å²) < 4.78 is 50.4. The van der Waals surface area contributed by atoms with Crippen LogP contribution in [0.5, 0.6) is 0 Å². The normalized spacial score (nSPS) is 19.1. The van der Waals surface area contributed by atoms with Crippen LogP contribution in [0.15, 0.2) is 29.6 Å². The minimum absolute atomic E-state index is 0.00205. The third-order valence-corrected chi connectivity index (χ3v) is 7.28. The largest absolute Gasteiger partial charge is 0.471 e. The van der Waals surface area contributed by atoms with Gasteiger partial charge in [0.25, 0.3) is 5.91 Å². The predicted octanol–water partition coefficient (Wildman–Crippen LogP) is 3.12. The Morgan fingerprint density at radius 2 is 1.69 bits per heavy atom. The highest BCUT2D eigenvalue weighted by molar-refractivity contribution is 7.09. The Labute approximate surface area is 203 Å². The molecule has 3 amide bonds. The molecule has 1 aromatic heterocycles. The fraction of sp³-hybridized carbons (Fsp3) is 0.478. The Morgan fingerprint density at radius 1 is 1.03 bits per heavy atom. The Balaban J connectivity index is 1.27. The third kappa shape index (κ3) is 6.16. The van der Waals surface area contributed by atoms with Gasteiger partial charge < -0.3 is 15.1 Å². The van der Waals surface area contributed by atoms with E-state index in [4.69, 9.17) is 0 Å². The zero-order valence-corrected chi connectivity index (χ0v) is 19.5. The second-order valence-electron chi connectivity index (χ2n) is 8.74. The maximum absolute atomic E-state index is 13.0. The number of aromatic nitrogens is 1. The fourth-order valence-corrected chi connectivity index (χ4v) is 5.29. The van der Waals surface area contributed by atoms with Gasteiger partial charge in [-0.3, -0.25) is 14.4 Å². The zero-order valence-electron chi connectivity index (χ0n) is 18.7. The number of likely N-dealkylation sites (tertiary alicyclic amines) is 2. The van der Waals surface area contributed by atoms with E-state index in [0.29, 0.717) is 25.9 Å². The van der Waals surface area contributed by atoms with Gasteiger partial charge in [-0.05, 0) is 37.0 Å². The lowest BCUT2D eigenvalue weighted by atomic mass is 9.97. The molecular weight excluding hydrogens is 488 g/mol. The van der Waals surface area contributed by atoms with Crippen molar-refractivity contribution in [2.45, 2.75) is 43.8 Å². The molecule has 3 heterocycles. The molecule has 4 rings (SSSR count). The van der Waals surface area contributed by atoms with Gasteiger partial charge in [0.2, 0.25) is 5.91 Å². The Morgan fingerprint density at radius 3 is 2.34 bits per heavy atom. The highest BCUT2D eigenvalue weighted by Crippen LogP contribution is 2.31. The van der Waals surface area contributed by atoms with Crippen molar-refractivity contribution in [1.29, 1.82) is 0 Å². The number of thiazole rings is 1. The van der Waals surface area contributed by atoms with Crippen LogP contribution in [0.2, 0.25) is 0 Å². The number of piperidine rings is 1. The molecule has 2 aliphatic heterocycles. The number of rotatable bonds is 5. The summed E-state index contributed by atoms with van der Waals surface area (Å²) in [4.78, 5) is 44.1. The first-order valence-electron chi connectivity index (χ1n) is 11.2. The van der Waals surface area contributed by atoms with E-state index < -0.39 is 18.1 Å². The van der Waals surface area contributed by atoms with Crippen molar-refractivity contribution in [2.24, 2.45) is 0 Å². The summed E-state index contributed by atoms with van der Waals surface area (Å²) in [7, 11) is 0. The Bertz CT molecular complexity index is 1080. The predicted molar refractivity (Wildman–Crippen MR) is 119 cm³/mol. The second-order valence-corrected chi connectivity index (χ2v) is 9.63. The van der Waals surface area contributed by atoms with Crippen molar-refractivity contribution in [1.82, 2.24) is 20.1 Å². The fourth-order valence-electron chi connectivity index (χ4n) is 4.33. The molecule has 0 spiro atoms. The number of alkyl halides is 3. The van der Waals surface area contributed by atoms with E-state index >= 15 is 0 Å². The minimum atomic E-state index is -4.96. The van der Waals surface area contributed by atoms with Crippen molar-refractivity contribution in [3.63, 3.8) is 0 Å². The molecular formula is C23H24F4N4O3S. The highest BCUT2D eigenvalue weighted by atomic mass is 32.1. The molecule has 0 radical (unpaired) electrons. The number of hydrogen-bond donors (Lipinski definition) is 1. The third-order valence-electron chi connectivity index (χ3n) is 6.27. The van der Waals surface area contributed by atoms with Crippen molar-refractivity contribution >= 4 is 29.1 Å². The van der Waals surface area contributed by atoms with Gasteiger partial charge in [-0.25, -0.2) is 9.37 Å². The van der Waals surface area contributed by atoms with E-state index in [1.54, 1.807) is 22.4 Å². The van der Waals surface area contributed by atoms with Gasteiger partial charge in [0.05, 0.1) is 11.4 Å². The van der Waals surface area contributed by atoms with Crippen LogP contribution in [-0.4, -0.2) is 70.9 Å². The lowest BCUT2D eigenvalue weighted by Crippen LogP contribution is -2.44. The maximum atomic E-state index is 13.0. The summed E-state index contributed by atoms with van der Waals surface area (Å²) in [6.07, 6.45) is -3.10. The SMILES string of the molecule is O=C(Cc1ccc(F)cc1)N1CCC(c2nc(C(=O)N3CCC(NC(=O)C(F)(F)F)C3)cs2)CC1. The summed E-state index contributed by atoms with van der Waals surface area (Å²) in [5.74, 6) is -2.64. The molecule has 0 saturated carbocycles. The molecule has 35 heavy (non-hydrogen) atoms. The molecule has 1 unspecified atom stereocenters. The molecule has 1 aromatic carbocycles. The van der Waals surface area contributed by atoms with Crippen molar-refractivity contribution in [3.05, 3.63) is 51.7 Å². The van der Waals surface area contributed by atoms with Gasteiger partial charge in [-0.2, -0.15) is 13.2 Å². The average Bonchev–Trinajstić information content (AvgIpc) is 3.50. The summed E-state index contributed by atoms with van der Waals surface area (Å²) in [5.41, 5.74) is 0.992. The summed E-state index contributed by atoms with van der Waals surface area (Å²) >= 11 is 1.36. The van der Waals surface area contributed by atoms with Gasteiger partial charge >= 0.3 is 12.1 Å². The number of nitrogens with one attached hydrogen (secondary N) is 1. The van der Waals surface area contributed by atoms with Crippen LogP contribution >= 0.6 is 11.3 Å². The number of benzene rings is 1. The summed E-state index contributed by atoms with van der Waals surface area (Å²) in [6.45, 7) is 1.35. The molecule has 12 heteroatoms. The smallest absolute Gasteiger partial charge is 0.344 e. The summed E-state index contributed by atoms with van der Waals surface area (Å²) in [5, 5.41) is 4.35.